The number of hydrogen-bond donors (Lipinski definition) is 2. The summed E-state index contributed by atoms with van der Waals surface area (Å²) in [6.07, 6.45) is 1.30. The van der Waals surface area contributed by atoms with Gasteiger partial charge < -0.3 is 11.1 Å². The minimum Gasteiger partial charge on any atom is -0.352 e. The van der Waals surface area contributed by atoms with Gasteiger partial charge in [0.15, 0.2) is 0 Å². The van der Waals surface area contributed by atoms with E-state index in [0.29, 0.717) is 13.0 Å². The van der Waals surface area contributed by atoms with Gasteiger partial charge in [-0.25, -0.2) is 0 Å². The lowest BCUT2D eigenvalue weighted by molar-refractivity contribution is -0.121. The van der Waals surface area contributed by atoms with Gasteiger partial charge in [0, 0.05) is 19.0 Å². The molecule has 0 aromatic heterocycles. The third-order valence-electron chi connectivity index (χ3n) is 2.24. The zero-order valence-electron chi connectivity index (χ0n) is 9.07. The summed E-state index contributed by atoms with van der Waals surface area (Å²) in [4.78, 5) is 11.4. The highest BCUT2D eigenvalue weighted by Gasteiger charge is 2.05. The van der Waals surface area contributed by atoms with E-state index in [2.05, 4.69) is 5.32 Å². The summed E-state index contributed by atoms with van der Waals surface area (Å²) in [5.74, 6) is 0.0665. The van der Waals surface area contributed by atoms with Crippen molar-refractivity contribution in [3.63, 3.8) is 0 Å². The molecule has 1 aromatic rings. The highest BCUT2D eigenvalue weighted by molar-refractivity contribution is 5.76. The number of aryl methyl sites for hydroxylation is 1. The Bertz CT molecular complexity index is 298. The molecular weight excluding hydrogens is 188 g/mol. The highest BCUT2D eigenvalue weighted by atomic mass is 16.1. The second-order valence-corrected chi connectivity index (χ2v) is 3.69. The van der Waals surface area contributed by atoms with Gasteiger partial charge in [0.05, 0.1) is 0 Å². The predicted octanol–water partition coefficient (Wildman–Crippen LogP) is 1.08. The van der Waals surface area contributed by atoms with Crippen molar-refractivity contribution in [3.8, 4) is 0 Å². The lowest BCUT2D eigenvalue weighted by Gasteiger charge is -2.10. The average molecular weight is 206 g/mol. The molecule has 0 spiro atoms. The Morgan fingerprint density at radius 1 is 1.40 bits per heavy atom. The van der Waals surface area contributed by atoms with Crippen LogP contribution >= 0.6 is 0 Å². The molecule has 1 atom stereocenters. The molecule has 1 amide bonds. The molecular formula is C12H18N2O. The minimum absolute atomic E-state index is 0.0632. The molecule has 3 nitrogen and oxygen atoms in total. The Labute approximate surface area is 90.7 Å². The SMILES string of the molecule is C[C@H](CN)NC(=O)CCc1ccccc1. The molecule has 0 heterocycles. The van der Waals surface area contributed by atoms with Crippen LogP contribution < -0.4 is 11.1 Å². The van der Waals surface area contributed by atoms with Gasteiger partial charge in [-0.1, -0.05) is 30.3 Å². The van der Waals surface area contributed by atoms with E-state index in [-0.39, 0.29) is 11.9 Å². The fourth-order valence-electron chi connectivity index (χ4n) is 1.31. The Balaban J connectivity index is 2.29. The first-order valence-corrected chi connectivity index (χ1v) is 5.25. The van der Waals surface area contributed by atoms with Crippen molar-refractivity contribution in [1.82, 2.24) is 5.32 Å². The molecule has 0 unspecified atom stereocenters. The van der Waals surface area contributed by atoms with E-state index >= 15 is 0 Å². The number of hydrogen-bond acceptors (Lipinski definition) is 2. The van der Waals surface area contributed by atoms with Crippen LogP contribution in [0.15, 0.2) is 30.3 Å². The molecule has 3 heteroatoms. The largest absolute Gasteiger partial charge is 0.352 e. The fourth-order valence-corrected chi connectivity index (χ4v) is 1.31. The molecule has 0 aliphatic carbocycles. The third-order valence-corrected chi connectivity index (χ3v) is 2.24. The number of nitrogens with one attached hydrogen (secondary N) is 1. The Morgan fingerprint density at radius 2 is 2.07 bits per heavy atom. The van der Waals surface area contributed by atoms with Crippen molar-refractivity contribution in [1.29, 1.82) is 0 Å². The summed E-state index contributed by atoms with van der Waals surface area (Å²) in [6.45, 7) is 2.39. The van der Waals surface area contributed by atoms with Gasteiger partial charge in [-0.15, -0.1) is 0 Å². The molecule has 82 valence electrons. The molecule has 1 rings (SSSR count). The van der Waals surface area contributed by atoms with Crippen LogP contribution in [0.5, 0.6) is 0 Å². The van der Waals surface area contributed by atoms with Gasteiger partial charge in [-0.05, 0) is 18.9 Å². The van der Waals surface area contributed by atoms with Gasteiger partial charge in [0.1, 0.15) is 0 Å². The third kappa shape index (κ3) is 4.61. The maximum Gasteiger partial charge on any atom is 0.220 e. The smallest absolute Gasteiger partial charge is 0.220 e. The summed E-state index contributed by atoms with van der Waals surface area (Å²) in [7, 11) is 0. The van der Waals surface area contributed by atoms with Crippen LogP contribution in [0.4, 0.5) is 0 Å². The summed E-state index contributed by atoms with van der Waals surface area (Å²) >= 11 is 0. The van der Waals surface area contributed by atoms with Gasteiger partial charge >= 0.3 is 0 Å². The topological polar surface area (TPSA) is 55.1 Å². The summed E-state index contributed by atoms with van der Waals surface area (Å²) < 4.78 is 0. The van der Waals surface area contributed by atoms with Crippen molar-refractivity contribution in [2.24, 2.45) is 5.73 Å². The molecule has 0 saturated carbocycles. The van der Waals surface area contributed by atoms with Crippen molar-refractivity contribution < 1.29 is 4.79 Å². The van der Waals surface area contributed by atoms with Crippen LogP contribution in [0.25, 0.3) is 0 Å². The zero-order valence-corrected chi connectivity index (χ0v) is 9.07. The van der Waals surface area contributed by atoms with E-state index in [0.717, 1.165) is 6.42 Å². The number of carbonyl (C=O) groups is 1. The molecule has 3 N–H and O–H groups in total. The quantitative estimate of drug-likeness (QED) is 0.757. The van der Waals surface area contributed by atoms with Gasteiger partial charge in [0.2, 0.25) is 5.91 Å². The molecule has 0 radical (unpaired) electrons. The maximum atomic E-state index is 11.4. The number of rotatable bonds is 5. The Hall–Kier alpha value is -1.35. The number of benzene rings is 1. The predicted molar refractivity (Wildman–Crippen MR) is 61.4 cm³/mol. The molecule has 0 saturated heterocycles. The van der Waals surface area contributed by atoms with Crippen LogP contribution in [-0.4, -0.2) is 18.5 Å². The van der Waals surface area contributed by atoms with E-state index in [9.17, 15) is 4.79 Å². The molecule has 1 aromatic carbocycles. The lowest BCUT2D eigenvalue weighted by Crippen LogP contribution is -2.37. The number of amides is 1. The second-order valence-electron chi connectivity index (χ2n) is 3.69. The highest BCUT2D eigenvalue weighted by Crippen LogP contribution is 2.02. The van der Waals surface area contributed by atoms with Crippen LogP contribution in [0, 0.1) is 0 Å². The van der Waals surface area contributed by atoms with Crippen LogP contribution in [-0.2, 0) is 11.2 Å². The first kappa shape index (κ1) is 11.7. The fraction of sp³-hybridized carbons (Fsp3) is 0.417. The van der Waals surface area contributed by atoms with E-state index in [1.807, 2.05) is 37.3 Å². The van der Waals surface area contributed by atoms with Crippen molar-refractivity contribution in [2.75, 3.05) is 6.54 Å². The van der Waals surface area contributed by atoms with Crippen molar-refractivity contribution in [3.05, 3.63) is 35.9 Å². The first-order valence-electron chi connectivity index (χ1n) is 5.25. The van der Waals surface area contributed by atoms with Gasteiger partial charge in [-0.2, -0.15) is 0 Å². The molecule has 15 heavy (non-hydrogen) atoms. The van der Waals surface area contributed by atoms with E-state index in [1.54, 1.807) is 0 Å². The van der Waals surface area contributed by atoms with Gasteiger partial charge in [0.25, 0.3) is 0 Å². The minimum atomic E-state index is 0.0632. The normalized spacial score (nSPS) is 12.1. The Kier molecular flexibility index (Phi) is 4.84. The average Bonchev–Trinajstić information content (AvgIpc) is 2.27. The van der Waals surface area contributed by atoms with Crippen molar-refractivity contribution >= 4 is 5.91 Å². The van der Waals surface area contributed by atoms with E-state index < -0.39 is 0 Å². The lowest BCUT2D eigenvalue weighted by atomic mass is 10.1. The van der Waals surface area contributed by atoms with Crippen LogP contribution in [0.2, 0.25) is 0 Å². The summed E-state index contributed by atoms with van der Waals surface area (Å²) in [5.41, 5.74) is 6.60. The molecule has 0 fully saturated rings. The molecule has 0 bridgehead atoms. The van der Waals surface area contributed by atoms with Gasteiger partial charge in [-0.3, -0.25) is 4.79 Å². The molecule has 0 aliphatic rings. The van der Waals surface area contributed by atoms with Crippen LogP contribution in [0.3, 0.4) is 0 Å². The maximum absolute atomic E-state index is 11.4. The monoisotopic (exact) mass is 206 g/mol. The van der Waals surface area contributed by atoms with E-state index in [4.69, 9.17) is 5.73 Å². The zero-order chi connectivity index (χ0) is 11.1. The van der Waals surface area contributed by atoms with Crippen molar-refractivity contribution in [2.45, 2.75) is 25.8 Å². The number of nitrogens with two attached hydrogens (primary N) is 1. The Morgan fingerprint density at radius 3 is 2.67 bits per heavy atom. The summed E-state index contributed by atoms with van der Waals surface area (Å²) in [5, 5.41) is 2.84. The number of carbonyl (C=O) groups excluding carboxylic acids is 1. The van der Waals surface area contributed by atoms with E-state index in [1.165, 1.54) is 5.56 Å². The standard InChI is InChI=1S/C12H18N2O/c1-10(9-13)14-12(15)8-7-11-5-3-2-4-6-11/h2-6,10H,7-9,13H2,1H3,(H,14,15)/t10-/m1/s1. The first-order chi connectivity index (χ1) is 7.22. The molecule has 0 aliphatic heterocycles. The summed E-state index contributed by atoms with van der Waals surface area (Å²) in [6, 6.07) is 10.1. The van der Waals surface area contributed by atoms with Crippen LogP contribution in [0.1, 0.15) is 18.9 Å². The second kappa shape index (κ2) is 6.19.